The van der Waals surface area contributed by atoms with Crippen molar-refractivity contribution in [1.82, 2.24) is 4.73 Å². The van der Waals surface area contributed by atoms with Gasteiger partial charge in [0.05, 0.1) is 24.2 Å². The first-order valence-electron chi connectivity index (χ1n) is 9.88. The predicted molar refractivity (Wildman–Crippen MR) is 106 cm³/mol. The van der Waals surface area contributed by atoms with E-state index in [9.17, 15) is 32.0 Å². The lowest BCUT2D eigenvalue weighted by atomic mass is 9.99. The van der Waals surface area contributed by atoms with Gasteiger partial charge in [0.25, 0.3) is 5.91 Å². The highest BCUT2D eigenvalue weighted by molar-refractivity contribution is 5.88. The monoisotopic (exact) mass is 486 g/mol. The zero-order chi connectivity index (χ0) is 25.3. The molecule has 1 aliphatic rings. The summed E-state index contributed by atoms with van der Waals surface area (Å²) in [7, 11) is 0.834. The van der Waals surface area contributed by atoms with E-state index >= 15 is 0 Å². The Morgan fingerprint density at radius 1 is 1.35 bits per heavy atom. The van der Waals surface area contributed by atoms with Gasteiger partial charge in [-0.2, -0.15) is 27.6 Å². The Hall–Kier alpha value is -3.66. The van der Waals surface area contributed by atoms with Crippen molar-refractivity contribution in [3.8, 4) is 11.8 Å². The van der Waals surface area contributed by atoms with Crippen LogP contribution in [0.2, 0.25) is 0 Å². The highest BCUT2D eigenvalue weighted by atomic mass is 19.4. The Labute approximate surface area is 190 Å². The number of hydrogen-bond donors (Lipinski definition) is 1. The minimum atomic E-state index is -4.91. The van der Waals surface area contributed by atoms with E-state index in [2.05, 4.69) is 4.99 Å². The van der Waals surface area contributed by atoms with Gasteiger partial charge in [0, 0.05) is 25.8 Å². The largest absolute Gasteiger partial charge is 0.489 e. The van der Waals surface area contributed by atoms with Gasteiger partial charge in [-0.3, -0.25) is 4.79 Å². The maximum Gasteiger partial charge on any atom is 0.419 e. The maximum atomic E-state index is 14.5. The van der Waals surface area contributed by atoms with Gasteiger partial charge >= 0.3 is 6.18 Å². The maximum absolute atomic E-state index is 14.5. The average Bonchev–Trinajstić information content (AvgIpc) is 3.20. The number of rotatable bonds is 5. The lowest BCUT2D eigenvalue weighted by Crippen LogP contribution is -2.49. The summed E-state index contributed by atoms with van der Waals surface area (Å²) in [6.07, 6.45) is -4.78. The quantitative estimate of drug-likeness (QED) is 0.516. The molecule has 1 fully saturated rings. The summed E-state index contributed by atoms with van der Waals surface area (Å²) in [5, 5.41) is 18.4. The van der Waals surface area contributed by atoms with Gasteiger partial charge < -0.3 is 19.6 Å². The van der Waals surface area contributed by atoms with E-state index in [1.165, 1.54) is 6.92 Å². The topological polar surface area (TPSA) is 100 Å². The van der Waals surface area contributed by atoms with Gasteiger partial charge in [0.2, 0.25) is 5.82 Å². The fourth-order valence-corrected chi connectivity index (χ4v) is 3.68. The number of pyridine rings is 1. The Bertz CT molecular complexity index is 1210. The smallest absolute Gasteiger partial charge is 0.419 e. The molecule has 182 valence electrons. The molecule has 3 rings (SSSR count). The second-order valence-electron chi connectivity index (χ2n) is 7.36. The van der Waals surface area contributed by atoms with Crippen LogP contribution in [0.15, 0.2) is 35.5 Å². The Morgan fingerprint density at radius 2 is 2.06 bits per heavy atom. The molecule has 1 saturated heterocycles. The molecule has 1 aliphatic heterocycles. The molecule has 13 heteroatoms. The Kier molecular flexibility index (Phi) is 6.83. The van der Waals surface area contributed by atoms with E-state index in [-0.39, 0.29) is 23.3 Å². The van der Waals surface area contributed by atoms with Crippen molar-refractivity contribution < 1.29 is 41.4 Å². The highest BCUT2D eigenvalue weighted by Gasteiger charge is 2.63. The minimum Gasteiger partial charge on any atom is -0.489 e. The molecular formula is C21H19F5N4O4. The first-order valence-corrected chi connectivity index (χ1v) is 9.88. The van der Waals surface area contributed by atoms with Gasteiger partial charge in [0.15, 0.2) is 22.9 Å². The van der Waals surface area contributed by atoms with Crippen molar-refractivity contribution in [2.24, 2.45) is 4.99 Å². The van der Waals surface area contributed by atoms with Gasteiger partial charge in [-0.25, -0.2) is 9.38 Å². The number of nitrogens with zero attached hydrogens (tertiary/aromatic N) is 4. The summed E-state index contributed by atoms with van der Waals surface area (Å²) in [6.45, 7) is 0.431. The number of methoxy groups -OCH3 is 1. The Morgan fingerprint density at radius 3 is 2.65 bits per heavy atom. The standard InChI is InChI=1S/C21H19F5N4O4/c1-3-34-18-15(5-4-14(22)17(18)23)29-11-20(33-2,21(24,25)26)9-16(29)19(31)28-12-6-7-30(32)13(8-12)10-27/h4-8,16,32H,3,9,11H2,1-2H3. The molecular weight excluding hydrogens is 467 g/mol. The third-order valence-electron chi connectivity index (χ3n) is 5.42. The molecule has 8 nitrogen and oxygen atoms in total. The molecule has 2 unspecified atom stereocenters. The zero-order valence-electron chi connectivity index (χ0n) is 17.9. The van der Waals surface area contributed by atoms with Crippen molar-refractivity contribution in [2.75, 3.05) is 25.2 Å². The second kappa shape index (κ2) is 9.30. The van der Waals surface area contributed by atoms with E-state index in [0.29, 0.717) is 10.8 Å². The molecule has 1 aromatic heterocycles. The number of aromatic nitrogens is 1. The molecule has 2 atom stereocenters. The molecule has 2 aromatic rings. The number of halogens is 5. The van der Waals surface area contributed by atoms with Crippen LogP contribution in [0.4, 0.5) is 27.6 Å². The molecule has 0 saturated carbocycles. The molecule has 1 amide bonds. The third-order valence-corrected chi connectivity index (χ3v) is 5.42. The fourth-order valence-electron chi connectivity index (χ4n) is 3.68. The summed E-state index contributed by atoms with van der Waals surface area (Å²) in [5.41, 5.74) is -3.37. The van der Waals surface area contributed by atoms with Gasteiger partial charge in [-0.15, -0.1) is 0 Å². The number of carbonyl (C=O) groups is 1. The normalized spacial score (nSPS) is 20.9. The molecule has 2 heterocycles. The third kappa shape index (κ3) is 4.41. The lowest BCUT2D eigenvalue weighted by molar-refractivity contribution is -0.261. The van der Waals surface area contributed by atoms with E-state index in [4.69, 9.17) is 14.7 Å². The zero-order valence-corrected chi connectivity index (χ0v) is 17.9. The van der Waals surface area contributed by atoms with Crippen molar-refractivity contribution in [3.63, 3.8) is 0 Å². The molecule has 0 spiro atoms. The lowest BCUT2D eigenvalue weighted by Gasteiger charge is -2.31. The first kappa shape index (κ1) is 25.0. The summed E-state index contributed by atoms with van der Waals surface area (Å²) in [6, 6.07) is 3.99. The molecule has 0 radical (unpaired) electrons. The van der Waals surface area contributed by atoms with Crippen molar-refractivity contribution in [2.45, 2.75) is 31.2 Å². The second-order valence-corrected chi connectivity index (χ2v) is 7.36. The van der Waals surface area contributed by atoms with Crippen LogP contribution in [0.1, 0.15) is 19.0 Å². The van der Waals surface area contributed by atoms with Crippen LogP contribution < -0.4 is 15.0 Å². The minimum absolute atomic E-state index is 0.107. The molecule has 0 bridgehead atoms. The van der Waals surface area contributed by atoms with Gasteiger partial charge in [-0.1, -0.05) is 0 Å². The first-order chi connectivity index (χ1) is 16.0. The molecule has 34 heavy (non-hydrogen) atoms. The van der Waals surface area contributed by atoms with Gasteiger partial charge in [-0.05, 0) is 25.1 Å². The van der Waals surface area contributed by atoms with Crippen molar-refractivity contribution in [1.29, 1.82) is 5.26 Å². The van der Waals surface area contributed by atoms with Crippen LogP contribution in [0, 0.1) is 23.0 Å². The molecule has 1 aromatic carbocycles. The van der Waals surface area contributed by atoms with Gasteiger partial charge in [0.1, 0.15) is 12.1 Å². The van der Waals surface area contributed by atoms with Crippen LogP contribution in [0.3, 0.4) is 0 Å². The van der Waals surface area contributed by atoms with E-state index < -0.39 is 54.1 Å². The number of nitriles is 1. The average molecular weight is 486 g/mol. The van der Waals surface area contributed by atoms with Crippen LogP contribution >= 0.6 is 0 Å². The number of ether oxygens (including phenoxy) is 2. The molecule has 0 aliphatic carbocycles. The van der Waals surface area contributed by atoms with Crippen LogP contribution in [0.5, 0.6) is 5.75 Å². The van der Waals surface area contributed by atoms with Crippen LogP contribution in [-0.4, -0.2) is 53.9 Å². The summed E-state index contributed by atoms with van der Waals surface area (Å²) >= 11 is 0. The van der Waals surface area contributed by atoms with E-state index in [0.717, 1.165) is 36.4 Å². The highest BCUT2D eigenvalue weighted by Crippen LogP contribution is 2.47. The number of carbonyl (C=O) groups excluding carboxylic acids is 1. The SMILES string of the molecule is CCOc1c(N2CC(OC)(C(F)(F)F)CC2C(=O)N=c2ccn(O)c(C#N)c2)ccc(F)c1F. The summed E-state index contributed by atoms with van der Waals surface area (Å²) in [4.78, 5) is 17.7. The summed E-state index contributed by atoms with van der Waals surface area (Å²) in [5.74, 6) is -4.41. The molecule has 1 N–H and O–H groups in total. The van der Waals surface area contributed by atoms with E-state index in [1.54, 1.807) is 6.07 Å². The van der Waals surface area contributed by atoms with Crippen molar-refractivity contribution in [3.05, 3.63) is 53.1 Å². The number of hydrogen-bond acceptors (Lipinski definition) is 6. The Balaban J connectivity index is 2.15. The number of amides is 1. The summed E-state index contributed by atoms with van der Waals surface area (Å²) < 4.78 is 80.6. The van der Waals surface area contributed by atoms with E-state index in [1.807, 2.05) is 0 Å². The predicted octanol–water partition coefficient (Wildman–Crippen LogP) is 2.93. The number of anilines is 1. The fraction of sp³-hybridized carbons (Fsp3) is 0.381. The van der Waals surface area contributed by atoms with Crippen LogP contribution in [-0.2, 0) is 9.53 Å². The number of benzene rings is 1. The van der Waals surface area contributed by atoms with Crippen molar-refractivity contribution >= 4 is 11.6 Å². The number of alkyl halides is 3. The van der Waals surface area contributed by atoms with Crippen LogP contribution in [0.25, 0.3) is 0 Å².